The van der Waals surface area contributed by atoms with Gasteiger partial charge in [-0.25, -0.2) is 19.6 Å². The highest BCUT2D eigenvalue weighted by Gasteiger charge is 2.38. The second-order valence-corrected chi connectivity index (χ2v) is 9.24. The monoisotopic (exact) mass is 575 g/mol. The molecule has 1 atom stereocenters. The number of rotatable bonds is 5. The Bertz CT molecular complexity index is 1080. The smallest absolute Gasteiger partial charge is 0.475 e. The minimum Gasteiger partial charge on any atom is -0.475 e. The Labute approximate surface area is 217 Å². The van der Waals surface area contributed by atoms with Crippen molar-refractivity contribution in [2.45, 2.75) is 71.6 Å². The average molecular weight is 576 g/mol. The van der Waals surface area contributed by atoms with Gasteiger partial charge in [0.25, 0.3) is 0 Å². The predicted molar refractivity (Wildman–Crippen MR) is 122 cm³/mol. The van der Waals surface area contributed by atoms with Gasteiger partial charge in [0.1, 0.15) is 5.82 Å². The van der Waals surface area contributed by atoms with Crippen LogP contribution >= 0.6 is 11.3 Å². The van der Waals surface area contributed by atoms with Crippen LogP contribution in [0.3, 0.4) is 0 Å². The lowest BCUT2D eigenvalue weighted by molar-refractivity contribution is -0.193. The molecule has 3 rings (SSSR count). The normalized spacial score (nSPS) is 15.5. The minimum atomic E-state index is -5.08. The Morgan fingerprint density at radius 3 is 2.05 bits per heavy atom. The SMILES string of the molecule is Cc1ncsc1CN1CCn2cc(CC(=O)NC(C)C)nc2C1C.O=C(O)C(F)(F)F.O=C(O)C(F)(F)F. The number of imidazole rings is 1. The number of aliphatic carboxylic acids is 2. The Hall–Kier alpha value is -3.21. The number of fused-ring (bicyclic) bond motifs is 1. The third-order valence-corrected chi connectivity index (χ3v) is 5.79. The quantitative estimate of drug-likeness (QED) is 0.461. The third kappa shape index (κ3) is 10.6. The van der Waals surface area contributed by atoms with Crippen LogP contribution in [0, 0.1) is 6.92 Å². The zero-order valence-corrected chi connectivity index (χ0v) is 21.5. The van der Waals surface area contributed by atoms with Crippen LogP contribution in [0.25, 0.3) is 0 Å². The number of alkyl halides is 6. The van der Waals surface area contributed by atoms with Crippen LogP contribution in [0.15, 0.2) is 11.7 Å². The number of aromatic nitrogens is 3. The van der Waals surface area contributed by atoms with Gasteiger partial charge in [0.15, 0.2) is 0 Å². The van der Waals surface area contributed by atoms with Crippen LogP contribution in [-0.4, -0.2) is 72.4 Å². The molecule has 0 fully saturated rings. The molecule has 17 heteroatoms. The van der Waals surface area contributed by atoms with Crippen LogP contribution in [0.1, 0.15) is 48.9 Å². The Kier molecular flexibility index (Phi) is 11.7. The molecule has 0 spiro atoms. The van der Waals surface area contributed by atoms with Crippen molar-refractivity contribution in [1.82, 2.24) is 24.8 Å². The van der Waals surface area contributed by atoms with E-state index in [-0.39, 0.29) is 18.0 Å². The van der Waals surface area contributed by atoms with E-state index in [0.29, 0.717) is 6.42 Å². The van der Waals surface area contributed by atoms with E-state index in [1.54, 1.807) is 11.3 Å². The zero-order valence-electron chi connectivity index (χ0n) is 20.7. The van der Waals surface area contributed by atoms with Crippen LogP contribution < -0.4 is 5.32 Å². The Morgan fingerprint density at radius 2 is 1.63 bits per heavy atom. The molecule has 0 bridgehead atoms. The summed E-state index contributed by atoms with van der Waals surface area (Å²) in [5.41, 5.74) is 3.88. The van der Waals surface area contributed by atoms with E-state index >= 15 is 0 Å². The summed E-state index contributed by atoms with van der Waals surface area (Å²) in [6, 6.07) is 0.397. The van der Waals surface area contributed by atoms with Crippen molar-refractivity contribution in [3.8, 4) is 0 Å². The topological polar surface area (TPSA) is 138 Å². The van der Waals surface area contributed by atoms with Gasteiger partial charge < -0.3 is 20.1 Å². The summed E-state index contributed by atoms with van der Waals surface area (Å²) in [5.74, 6) is -4.43. The first-order valence-electron chi connectivity index (χ1n) is 10.9. The fourth-order valence-corrected chi connectivity index (χ4v) is 3.89. The molecule has 0 aliphatic carbocycles. The third-order valence-electron chi connectivity index (χ3n) is 4.87. The molecular formula is C21H27F6N5O5S. The largest absolute Gasteiger partial charge is 0.490 e. The molecule has 2 aromatic heterocycles. The summed E-state index contributed by atoms with van der Waals surface area (Å²) in [4.78, 5) is 42.6. The highest BCUT2D eigenvalue weighted by Crippen LogP contribution is 2.28. The van der Waals surface area contributed by atoms with Crippen molar-refractivity contribution in [1.29, 1.82) is 0 Å². The summed E-state index contributed by atoms with van der Waals surface area (Å²) in [6.07, 6.45) is -7.79. The van der Waals surface area contributed by atoms with E-state index in [4.69, 9.17) is 24.8 Å². The van der Waals surface area contributed by atoms with Crippen LogP contribution in [0.5, 0.6) is 0 Å². The number of carbonyl (C=O) groups excluding carboxylic acids is 1. The van der Waals surface area contributed by atoms with Gasteiger partial charge in [-0.05, 0) is 27.7 Å². The van der Waals surface area contributed by atoms with E-state index in [2.05, 4.69) is 33.6 Å². The standard InChI is InChI=1S/C17H25N5OS.2C2HF3O2/c1-11(2)19-16(23)7-14-8-22-6-5-21(13(4)17(22)20-14)9-15-12(3)18-10-24-15;2*3-2(4,5)1(6)7/h8,10-11,13H,5-7,9H2,1-4H3,(H,19,23);2*(H,6,7). The summed E-state index contributed by atoms with van der Waals surface area (Å²) in [5, 5.41) is 17.2. The molecule has 38 heavy (non-hydrogen) atoms. The molecule has 1 aliphatic rings. The molecular weight excluding hydrogens is 548 g/mol. The summed E-state index contributed by atoms with van der Waals surface area (Å²) < 4.78 is 65.7. The van der Waals surface area contributed by atoms with E-state index < -0.39 is 24.3 Å². The van der Waals surface area contributed by atoms with E-state index in [1.807, 2.05) is 25.6 Å². The Balaban J connectivity index is 0.000000426. The van der Waals surface area contributed by atoms with Crippen LogP contribution in [-0.2, 0) is 33.9 Å². The molecule has 1 unspecified atom stereocenters. The predicted octanol–water partition coefficient (Wildman–Crippen LogP) is 3.56. The molecule has 214 valence electrons. The van der Waals surface area contributed by atoms with Gasteiger partial charge in [-0.3, -0.25) is 9.69 Å². The highest BCUT2D eigenvalue weighted by atomic mass is 32.1. The van der Waals surface area contributed by atoms with Gasteiger partial charge in [-0.1, -0.05) is 0 Å². The maximum Gasteiger partial charge on any atom is 0.490 e. The van der Waals surface area contributed by atoms with Crippen LogP contribution in [0.4, 0.5) is 26.3 Å². The number of thiazole rings is 1. The van der Waals surface area contributed by atoms with Crippen molar-refractivity contribution >= 4 is 29.2 Å². The number of nitrogens with one attached hydrogen (secondary N) is 1. The molecule has 3 N–H and O–H groups in total. The first-order chi connectivity index (χ1) is 17.3. The Morgan fingerprint density at radius 1 is 1.11 bits per heavy atom. The second kappa shape index (κ2) is 13.5. The van der Waals surface area contributed by atoms with E-state index in [0.717, 1.165) is 36.8 Å². The lowest BCUT2D eigenvalue weighted by Gasteiger charge is -2.33. The number of carboxylic acids is 2. The number of hydrogen-bond donors (Lipinski definition) is 3. The number of nitrogens with zero attached hydrogens (tertiary/aromatic N) is 4. The molecule has 0 radical (unpaired) electrons. The molecule has 10 nitrogen and oxygen atoms in total. The number of amides is 1. The van der Waals surface area contributed by atoms with Gasteiger partial charge >= 0.3 is 24.3 Å². The summed E-state index contributed by atoms with van der Waals surface area (Å²) in [7, 11) is 0. The summed E-state index contributed by atoms with van der Waals surface area (Å²) in [6.45, 7) is 11.0. The van der Waals surface area contributed by atoms with Gasteiger partial charge in [0.05, 0.1) is 29.4 Å². The van der Waals surface area contributed by atoms with Crippen LogP contribution in [0.2, 0.25) is 0 Å². The maximum atomic E-state index is 12.0. The van der Waals surface area contributed by atoms with E-state index in [9.17, 15) is 31.1 Å². The fourth-order valence-electron chi connectivity index (χ4n) is 3.09. The molecule has 0 saturated heterocycles. The average Bonchev–Trinajstić information content (AvgIpc) is 3.35. The molecule has 1 aliphatic heterocycles. The maximum absolute atomic E-state index is 12.0. The molecule has 1 amide bonds. The van der Waals surface area contributed by atoms with Crippen molar-refractivity contribution in [3.63, 3.8) is 0 Å². The van der Waals surface area contributed by atoms with Gasteiger partial charge in [-0.15, -0.1) is 11.3 Å². The molecule has 2 aromatic rings. The number of aryl methyl sites for hydroxylation is 1. The van der Waals surface area contributed by atoms with Crippen molar-refractivity contribution in [2.24, 2.45) is 0 Å². The molecule has 0 aromatic carbocycles. The molecule has 0 saturated carbocycles. The number of carboxylic acid groups (broad SMARTS) is 2. The van der Waals surface area contributed by atoms with Gasteiger partial charge in [0, 0.05) is 36.8 Å². The van der Waals surface area contributed by atoms with Crippen molar-refractivity contribution in [3.05, 3.63) is 33.8 Å². The van der Waals surface area contributed by atoms with Crippen molar-refractivity contribution < 1.29 is 50.9 Å². The number of carbonyl (C=O) groups is 3. The first-order valence-corrected chi connectivity index (χ1v) is 11.8. The minimum absolute atomic E-state index is 0.0326. The highest BCUT2D eigenvalue weighted by molar-refractivity contribution is 7.09. The first kappa shape index (κ1) is 32.8. The van der Waals surface area contributed by atoms with Gasteiger partial charge in [-0.2, -0.15) is 26.3 Å². The zero-order chi connectivity index (χ0) is 29.4. The second-order valence-electron chi connectivity index (χ2n) is 8.30. The number of halogens is 6. The van der Waals surface area contributed by atoms with Gasteiger partial charge in [0.2, 0.25) is 5.91 Å². The summed E-state index contributed by atoms with van der Waals surface area (Å²) >= 11 is 1.71. The lowest BCUT2D eigenvalue weighted by Crippen LogP contribution is -2.36. The molecule has 3 heterocycles. The lowest BCUT2D eigenvalue weighted by atomic mass is 10.2. The van der Waals surface area contributed by atoms with E-state index in [1.165, 1.54) is 4.88 Å². The number of hydrogen-bond acceptors (Lipinski definition) is 7. The van der Waals surface area contributed by atoms with Crippen molar-refractivity contribution in [2.75, 3.05) is 6.54 Å². The fraction of sp³-hybridized carbons (Fsp3) is 0.571.